The van der Waals surface area contributed by atoms with Gasteiger partial charge in [-0.3, -0.25) is 4.79 Å². The molecule has 10 atom stereocenters. The van der Waals surface area contributed by atoms with Crippen LogP contribution in [-0.4, -0.2) is 86.2 Å². The molecule has 1 aromatic carbocycles. The largest absolute Gasteiger partial charge is 0.479 e. The fourth-order valence-corrected chi connectivity index (χ4v) is 6.22. The lowest BCUT2D eigenvalue weighted by molar-refractivity contribution is -0.353. The van der Waals surface area contributed by atoms with E-state index in [2.05, 4.69) is 13.5 Å². The van der Waals surface area contributed by atoms with Crippen molar-refractivity contribution in [1.82, 2.24) is 0 Å². The highest BCUT2D eigenvalue weighted by Gasteiger charge is 2.77. The van der Waals surface area contributed by atoms with Gasteiger partial charge in [-0.2, -0.15) is 0 Å². The Hall–Kier alpha value is -3.58. The predicted octanol–water partition coefficient (Wildman–Crippen LogP) is 3.43. The number of carboxylic acids is 2. The number of carboxylic acid groups (broad SMARTS) is 2. The first-order valence-corrected chi connectivity index (χ1v) is 15.6. The van der Waals surface area contributed by atoms with Crippen LogP contribution in [0.5, 0.6) is 0 Å². The number of carbonyl (C=O) groups excluding carboxylic acids is 2. The Labute approximate surface area is 269 Å². The first kappa shape index (κ1) is 36.9. The van der Waals surface area contributed by atoms with Crippen LogP contribution >= 0.6 is 0 Å². The Bertz CT molecular complexity index is 1290. The molecule has 0 amide bonds. The lowest BCUT2D eigenvalue weighted by Crippen LogP contribution is -2.67. The number of esters is 2. The van der Waals surface area contributed by atoms with Gasteiger partial charge in [-0.05, 0) is 42.2 Å². The number of aliphatic hydroxyl groups is 2. The summed E-state index contributed by atoms with van der Waals surface area (Å²) in [5.74, 6) is -7.36. The van der Waals surface area contributed by atoms with Gasteiger partial charge < -0.3 is 39.4 Å². The maximum atomic E-state index is 12.9. The zero-order chi connectivity index (χ0) is 34.4. The number of benzene rings is 1. The van der Waals surface area contributed by atoms with Crippen molar-refractivity contribution in [2.45, 2.75) is 109 Å². The summed E-state index contributed by atoms with van der Waals surface area (Å²) in [4.78, 5) is 49.8. The fraction of sp³-hybridized carbons (Fsp3) is 0.588. The number of aliphatic carboxylic acids is 2. The van der Waals surface area contributed by atoms with Crippen molar-refractivity contribution in [3.05, 3.63) is 60.2 Å². The fourth-order valence-electron chi connectivity index (χ4n) is 6.22. The Morgan fingerprint density at radius 3 is 2.28 bits per heavy atom. The molecule has 12 nitrogen and oxygen atoms in total. The first-order chi connectivity index (χ1) is 21.6. The monoisotopic (exact) mass is 646 g/mol. The van der Waals surface area contributed by atoms with E-state index >= 15 is 0 Å². The van der Waals surface area contributed by atoms with Crippen LogP contribution in [0.3, 0.4) is 0 Å². The SMILES string of the molecule is C=C(CC[C@@]12O[C@H](C(=O)O)[C@H](O)[C@@](C(=O)O)(O1)[C@H](OC(=O)/C=C/[C@@H](C)C[C@@H](C)CC)[C@H]2O)[C@@H](OC(C)=O)[C@H](C)Cc1ccccc1. The van der Waals surface area contributed by atoms with Gasteiger partial charge in [-0.15, -0.1) is 0 Å². The molecule has 2 aliphatic rings. The highest BCUT2D eigenvalue weighted by molar-refractivity contribution is 5.86. The summed E-state index contributed by atoms with van der Waals surface area (Å²) in [5, 5.41) is 42.6. The minimum atomic E-state index is -2.87. The van der Waals surface area contributed by atoms with Crippen LogP contribution in [0.2, 0.25) is 0 Å². The summed E-state index contributed by atoms with van der Waals surface area (Å²) in [6.45, 7) is 13.2. The normalized spacial score (nSPS) is 29.8. The van der Waals surface area contributed by atoms with Gasteiger partial charge in [-0.25, -0.2) is 14.4 Å². The lowest BCUT2D eigenvalue weighted by Gasteiger charge is -2.44. The highest BCUT2D eigenvalue weighted by Crippen LogP contribution is 2.51. The molecule has 2 fully saturated rings. The molecule has 2 aliphatic heterocycles. The molecule has 0 radical (unpaired) electrons. The molecule has 2 bridgehead atoms. The van der Waals surface area contributed by atoms with Gasteiger partial charge in [0.15, 0.2) is 12.2 Å². The molecule has 0 aromatic heterocycles. The Morgan fingerprint density at radius 1 is 1.07 bits per heavy atom. The number of ether oxygens (including phenoxy) is 4. The molecule has 1 aromatic rings. The molecule has 46 heavy (non-hydrogen) atoms. The van der Waals surface area contributed by atoms with E-state index in [1.807, 2.05) is 51.1 Å². The van der Waals surface area contributed by atoms with Gasteiger partial charge in [0.05, 0.1) is 0 Å². The molecular weight excluding hydrogens is 600 g/mol. The van der Waals surface area contributed by atoms with Gasteiger partial charge in [0.25, 0.3) is 0 Å². The third-order valence-electron chi connectivity index (χ3n) is 8.81. The number of rotatable bonds is 16. The Morgan fingerprint density at radius 2 is 1.72 bits per heavy atom. The molecule has 0 spiro atoms. The van der Waals surface area contributed by atoms with Crippen molar-refractivity contribution in [2.75, 3.05) is 0 Å². The molecule has 0 saturated carbocycles. The Kier molecular flexibility index (Phi) is 12.3. The van der Waals surface area contributed by atoms with E-state index in [1.54, 1.807) is 6.08 Å². The average Bonchev–Trinajstić information content (AvgIpc) is 3.20. The number of carbonyl (C=O) groups is 4. The summed E-state index contributed by atoms with van der Waals surface area (Å²) in [5.41, 5.74) is -1.52. The highest BCUT2D eigenvalue weighted by atomic mass is 16.8. The summed E-state index contributed by atoms with van der Waals surface area (Å²) in [6.07, 6.45) is -4.89. The van der Waals surface area contributed by atoms with Crippen molar-refractivity contribution < 1.29 is 58.6 Å². The lowest BCUT2D eigenvalue weighted by atomic mass is 9.86. The number of aliphatic hydroxyl groups excluding tert-OH is 2. The standard InChI is InChI=1S/C34H46O12/c1-7-19(2)17-20(3)13-14-25(36)44-30-29(38)33(45-27(31(39)40)28(37)34(30,46-33)32(41)42)16-15-21(4)26(43-23(6)35)22(5)18-24-11-9-8-10-12-24/h8-14,19-20,22,26-30,37-38H,4,7,15-18H2,1-3,5-6H3,(H,39,40)(H,41,42)/b14-13+/t19-,20+,22+,26+,27-,28-,29+,30+,33+,34+/m0/s1. The maximum absolute atomic E-state index is 12.9. The van der Waals surface area contributed by atoms with E-state index in [0.29, 0.717) is 17.9 Å². The molecule has 2 saturated heterocycles. The Balaban J connectivity index is 1.90. The van der Waals surface area contributed by atoms with Crippen LogP contribution in [0.1, 0.15) is 65.9 Å². The topological polar surface area (TPSA) is 186 Å². The summed E-state index contributed by atoms with van der Waals surface area (Å²) in [7, 11) is 0. The average molecular weight is 647 g/mol. The van der Waals surface area contributed by atoms with E-state index < -0.39 is 65.8 Å². The number of allylic oxidation sites excluding steroid dienone is 1. The minimum absolute atomic E-state index is 0.0166. The second kappa shape index (κ2) is 15.3. The predicted molar refractivity (Wildman–Crippen MR) is 164 cm³/mol. The van der Waals surface area contributed by atoms with Crippen LogP contribution in [0.4, 0.5) is 0 Å². The van der Waals surface area contributed by atoms with E-state index in [9.17, 15) is 39.6 Å². The molecule has 0 unspecified atom stereocenters. The second-order valence-corrected chi connectivity index (χ2v) is 12.6. The first-order valence-electron chi connectivity index (χ1n) is 15.6. The van der Waals surface area contributed by atoms with Crippen LogP contribution in [0.15, 0.2) is 54.6 Å². The van der Waals surface area contributed by atoms with Crippen molar-refractivity contribution in [1.29, 1.82) is 0 Å². The quantitative estimate of drug-likeness (QED) is 0.117. The molecular formula is C34H46O12. The van der Waals surface area contributed by atoms with Gasteiger partial charge >= 0.3 is 23.9 Å². The van der Waals surface area contributed by atoms with E-state index in [4.69, 9.17) is 18.9 Å². The molecule has 12 heteroatoms. The molecule has 0 aliphatic carbocycles. The number of hydrogen-bond acceptors (Lipinski definition) is 10. The number of hydrogen-bond donors (Lipinski definition) is 4. The van der Waals surface area contributed by atoms with Gasteiger partial charge in [0.1, 0.15) is 18.3 Å². The van der Waals surface area contributed by atoms with Crippen molar-refractivity contribution >= 4 is 23.9 Å². The van der Waals surface area contributed by atoms with Crippen molar-refractivity contribution in [2.24, 2.45) is 17.8 Å². The molecule has 4 N–H and O–H groups in total. The van der Waals surface area contributed by atoms with Crippen LogP contribution < -0.4 is 0 Å². The minimum Gasteiger partial charge on any atom is -0.479 e. The molecule has 3 rings (SSSR count). The number of fused-ring (bicyclic) bond motifs is 2. The van der Waals surface area contributed by atoms with E-state index in [-0.39, 0.29) is 24.7 Å². The molecule has 254 valence electrons. The third kappa shape index (κ3) is 8.03. The third-order valence-corrected chi connectivity index (χ3v) is 8.81. The summed E-state index contributed by atoms with van der Waals surface area (Å²) in [6, 6.07) is 9.48. The van der Waals surface area contributed by atoms with Crippen molar-refractivity contribution in [3.8, 4) is 0 Å². The van der Waals surface area contributed by atoms with E-state index in [1.165, 1.54) is 6.92 Å². The molecule has 2 heterocycles. The summed E-state index contributed by atoms with van der Waals surface area (Å²) >= 11 is 0. The van der Waals surface area contributed by atoms with E-state index in [0.717, 1.165) is 24.5 Å². The van der Waals surface area contributed by atoms with Gasteiger partial charge in [0.2, 0.25) is 11.4 Å². The zero-order valence-electron chi connectivity index (χ0n) is 27.0. The van der Waals surface area contributed by atoms with Crippen LogP contribution in [-0.2, 0) is 44.5 Å². The second-order valence-electron chi connectivity index (χ2n) is 12.6. The van der Waals surface area contributed by atoms with Gasteiger partial charge in [0, 0.05) is 25.3 Å². The van der Waals surface area contributed by atoms with Crippen LogP contribution in [0.25, 0.3) is 0 Å². The zero-order valence-corrected chi connectivity index (χ0v) is 27.0. The van der Waals surface area contributed by atoms with Gasteiger partial charge in [-0.1, -0.05) is 77.1 Å². The summed E-state index contributed by atoms with van der Waals surface area (Å²) < 4.78 is 22.4. The smallest absolute Gasteiger partial charge is 0.343 e. The maximum Gasteiger partial charge on any atom is 0.343 e. The van der Waals surface area contributed by atoms with Crippen LogP contribution in [0, 0.1) is 17.8 Å². The van der Waals surface area contributed by atoms with Crippen molar-refractivity contribution in [3.63, 3.8) is 0 Å².